The lowest BCUT2D eigenvalue weighted by molar-refractivity contribution is -0.00355. The van der Waals surface area contributed by atoms with E-state index in [1.807, 2.05) is 0 Å². The third kappa shape index (κ3) is 1.67. The van der Waals surface area contributed by atoms with Crippen molar-refractivity contribution in [1.82, 2.24) is 20.3 Å². The van der Waals surface area contributed by atoms with E-state index in [4.69, 9.17) is 4.74 Å². The maximum atomic E-state index is 11.4. The van der Waals surface area contributed by atoms with Crippen molar-refractivity contribution in [1.29, 1.82) is 0 Å². The smallest absolute Gasteiger partial charge is 0.273 e. The number of carbonyl (C=O) groups is 1. The number of aromatic nitrogens is 3. The van der Waals surface area contributed by atoms with E-state index < -0.39 is 0 Å². The highest BCUT2D eigenvalue weighted by Crippen LogP contribution is 2.01. The van der Waals surface area contributed by atoms with E-state index in [0.717, 1.165) is 0 Å². The Labute approximate surface area is 74.9 Å². The molecule has 1 aliphatic rings. The summed E-state index contributed by atoms with van der Waals surface area (Å²) >= 11 is 0. The van der Waals surface area contributed by atoms with Crippen LogP contribution in [0.2, 0.25) is 0 Å². The van der Waals surface area contributed by atoms with Gasteiger partial charge >= 0.3 is 0 Å². The number of hydrogen-bond donors (Lipinski definition) is 1. The maximum absolute atomic E-state index is 11.4. The first-order valence-corrected chi connectivity index (χ1v) is 4.00. The second kappa shape index (κ2) is 3.14. The van der Waals surface area contributed by atoms with Gasteiger partial charge in [-0.15, -0.1) is 5.10 Å². The molecule has 6 heteroatoms. The van der Waals surface area contributed by atoms with Gasteiger partial charge in [-0.05, 0) is 0 Å². The first-order valence-electron chi connectivity index (χ1n) is 4.00. The van der Waals surface area contributed by atoms with Gasteiger partial charge < -0.3 is 10.1 Å². The Bertz CT molecular complexity index is 318. The molecule has 0 atom stereocenters. The second-order valence-electron chi connectivity index (χ2n) is 2.93. The van der Waals surface area contributed by atoms with Crippen LogP contribution in [0.4, 0.5) is 0 Å². The number of nitrogens with zero attached hydrogens (tertiary/aromatic N) is 3. The van der Waals surface area contributed by atoms with Crippen molar-refractivity contribution in [3.8, 4) is 0 Å². The molecule has 1 aromatic rings. The van der Waals surface area contributed by atoms with Crippen LogP contribution in [0.25, 0.3) is 0 Å². The zero-order valence-corrected chi connectivity index (χ0v) is 7.23. The summed E-state index contributed by atoms with van der Waals surface area (Å²) in [6.07, 6.45) is 1.44. The van der Waals surface area contributed by atoms with Crippen LogP contribution in [-0.4, -0.2) is 40.2 Å². The first kappa shape index (κ1) is 8.18. The molecule has 1 N–H and O–H groups in total. The highest BCUT2D eigenvalue weighted by Gasteiger charge is 2.22. The van der Waals surface area contributed by atoms with Crippen LogP contribution in [0, 0.1) is 0 Å². The van der Waals surface area contributed by atoms with Gasteiger partial charge in [0.2, 0.25) is 0 Å². The summed E-state index contributed by atoms with van der Waals surface area (Å²) in [5, 5.41) is 10.4. The second-order valence-corrected chi connectivity index (χ2v) is 2.93. The van der Waals surface area contributed by atoms with Crippen LogP contribution < -0.4 is 5.32 Å². The molecule has 0 unspecified atom stereocenters. The fourth-order valence-corrected chi connectivity index (χ4v) is 1.03. The summed E-state index contributed by atoms with van der Waals surface area (Å²) in [4.78, 5) is 12.7. The molecule has 1 amide bonds. The first-order chi connectivity index (χ1) is 6.25. The minimum atomic E-state index is -0.193. The number of aryl methyl sites for hydroxylation is 1. The highest BCUT2D eigenvalue weighted by molar-refractivity contribution is 5.92. The van der Waals surface area contributed by atoms with E-state index in [9.17, 15) is 4.79 Å². The number of ether oxygens (including phenoxy) is 1. The topological polar surface area (TPSA) is 69.0 Å². The predicted octanol–water partition coefficient (Wildman–Crippen LogP) is -1.06. The van der Waals surface area contributed by atoms with Crippen LogP contribution in [0.3, 0.4) is 0 Å². The molecule has 70 valence electrons. The summed E-state index contributed by atoms with van der Waals surface area (Å²) in [5.74, 6) is -0.193. The normalized spacial score (nSPS) is 16.7. The molecule has 6 nitrogen and oxygen atoms in total. The Balaban J connectivity index is 1.96. The van der Waals surface area contributed by atoms with Crippen LogP contribution >= 0.6 is 0 Å². The van der Waals surface area contributed by atoms with Crippen LogP contribution in [0.15, 0.2) is 6.20 Å². The Kier molecular flexibility index (Phi) is 1.97. The lowest BCUT2D eigenvalue weighted by Crippen LogP contribution is -2.48. The molecule has 0 bridgehead atoms. The average molecular weight is 182 g/mol. The summed E-state index contributed by atoms with van der Waals surface area (Å²) in [6.45, 7) is 1.18. The third-order valence-corrected chi connectivity index (χ3v) is 1.81. The van der Waals surface area contributed by atoms with Crippen molar-refractivity contribution in [2.45, 2.75) is 6.04 Å². The number of nitrogens with one attached hydrogen (secondary N) is 1. The number of rotatable bonds is 2. The molecular formula is C7H10N4O2. The van der Waals surface area contributed by atoms with Crippen molar-refractivity contribution in [3.05, 3.63) is 11.9 Å². The predicted molar refractivity (Wildman–Crippen MR) is 43.1 cm³/mol. The zero-order valence-electron chi connectivity index (χ0n) is 7.23. The summed E-state index contributed by atoms with van der Waals surface area (Å²) < 4.78 is 4.92. The molecule has 0 saturated carbocycles. The molecule has 0 aliphatic carbocycles. The van der Waals surface area contributed by atoms with Gasteiger partial charge in [0.15, 0.2) is 5.69 Å². The molecule has 2 rings (SSSR count). The maximum Gasteiger partial charge on any atom is 0.273 e. The molecule has 13 heavy (non-hydrogen) atoms. The number of amides is 1. The quantitative estimate of drug-likeness (QED) is 0.633. The minimum absolute atomic E-state index is 0.134. The fourth-order valence-electron chi connectivity index (χ4n) is 1.03. The van der Waals surface area contributed by atoms with E-state index in [1.54, 1.807) is 7.05 Å². The number of carbonyl (C=O) groups excluding carboxylic acids is 1. The monoisotopic (exact) mass is 182 g/mol. The van der Waals surface area contributed by atoms with Gasteiger partial charge in [0.25, 0.3) is 5.91 Å². The number of hydrogen-bond acceptors (Lipinski definition) is 4. The van der Waals surface area contributed by atoms with Gasteiger partial charge in [-0.3, -0.25) is 4.79 Å². The average Bonchev–Trinajstić information content (AvgIpc) is 2.44. The molecule has 1 saturated heterocycles. The summed E-state index contributed by atoms with van der Waals surface area (Å²) in [6, 6.07) is 0.134. The van der Waals surface area contributed by atoms with Crippen molar-refractivity contribution in [3.63, 3.8) is 0 Å². The van der Waals surface area contributed by atoms with Gasteiger partial charge in [-0.2, -0.15) is 9.90 Å². The van der Waals surface area contributed by atoms with Crippen LogP contribution in [0.1, 0.15) is 10.5 Å². The molecule has 0 radical (unpaired) electrons. The van der Waals surface area contributed by atoms with Gasteiger partial charge in [0.05, 0.1) is 25.5 Å². The Morgan fingerprint density at radius 1 is 1.77 bits per heavy atom. The van der Waals surface area contributed by atoms with Gasteiger partial charge in [-0.25, -0.2) is 0 Å². The SMILES string of the molecule is Cn1ncc(C(=O)NC2COC2)n1. The van der Waals surface area contributed by atoms with E-state index in [-0.39, 0.29) is 11.9 Å². The summed E-state index contributed by atoms with van der Waals surface area (Å²) in [7, 11) is 1.67. The lowest BCUT2D eigenvalue weighted by atomic mass is 10.2. The Morgan fingerprint density at radius 3 is 3.00 bits per heavy atom. The van der Waals surface area contributed by atoms with E-state index in [1.165, 1.54) is 11.0 Å². The molecule has 0 spiro atoms. The standard InChI is InChI=1S/C7H10N4O2/c1-11-8-2-6(10-11)7(12)9-5-3-13-4-5/h2,5H,3-4H2,1H3,(H,9,12). The molecule has 0 aromatic carbocycles. The molecular weight excluding hydrogens is 172 g/mol. The van der Waals surface area contributed by atoms with Gasteiger partial charge in [0, 0.05) is 7.05 Å². The van der Waals surface area contributed by atoms with E-state index in [2.05, 4.69) is 15.5 Å². The van der Waals surface area contributed by atoms with Crippen LogP contribution in [-0.2, 0) is 11.8 Å². The van der Waals surface area contributed by atoms with Crippen molar-refractivity contribution in [2.75, 3.05) is 13.2 Å². The van der Waals surface area contributed by atoms with E-state index in [0.29, 0.717) is 18.9 Å². The minimum Gasteiger partial charge on any atom is -0.377 e. The zero-order chi connectivity index (χ0) is 9.26. The third-order valence-electron chi connectivity index (χ3n) is 1.81. The van der Waals surface area contributed by atoms with Crippen molar-refractivity contribution >= 4 is 5.91 Å². The molecule has 2 heterocycles. The molecule has 1 aromatic heterocycles. The highest BCUT2D eigenvalue weighted by atomic mass is 16.5. The van der Waals surface area contributed by atoms with Crippen LogP contribution in [0.5, 0.6) is 0 Å². The Hall–Kier alpha value is -1.43. The molecule has 1 aliphatic heterocycles. The largest absolute Gasteiger partial charge is 0.377 e. The van der Waals surface area contributed by atoms with Gasteiger partial charge in [-0.1, -0.05) is 0 Å². The summed E-state index contributed by atoms with van der Waals surface area (Å²) in [5.41, 5.74) is 0.342. The Morgan fingerprint density at radius 2 is 2.54 bits per heavy atom. The molecule has 1 fully saturated rings. The fraction of sp³-hybridized carbons (Fsp3) is 0.571. The van der Waals surface area contributed by atoms with E-state index >= 15 is 0 Å². The van der Waals surface area contributed by atoms with Crippen molar-refractivity contribution in [2.24, 2.45) is 7.05 Å². The van der Waals surface area contributed by atoms with Gasteiger partial charge in [0.1, 0.15) is 0 Å². The lowest BCUT2D eigenvalue weighted by Gasteiger charge is -2.26. The van der Waals surface area contributed by atoms with Crippen molar-refractivity contribution < 1.29 is 9.53 Å².